The molecule has 1 spiro atoms. The van der Waals surface area contributed by atoms with Crippen LogP contribution in [-0.4, -0.2) is 65.7 Å². The van der Waals surface area contributed by atoms with Gasteiger partial charge in [-0.15, -0.1) is 6.58 Å². The van der Waals surface area contributed by atoms with Crippen LogP contribution in [0.25, 0.3) is 0 Å². The molecule has 0 N–H and O–H groups in total. The van der Waals surface area contributed by atoms with Gasteiger partial charge < -0.3 is 14.4 Å². The van der Waals surface area contributed by atoms with E-state index in [-0.39, 0.29) is 24.2 Å². The van der Waals surface area contributed by atoms with Crippen molar-refractivity contribution >= 4 is 5.91 Å². The molecular weight excluding hydrogens is 318 g/mol. The fraction of sp³-hybridized carbons (Fsp3) is 0.579. The number of rotatable bonds is 5. The van der Waals surface area contributed by atoms with E-state index >= 15 is 0 Å². The van der Waals surface area contributed by atoms with Crippen molar-refractivity contribution in [1.29, 1.82) is 0 Å². The molecule has 2 saturated heterocycles. The van der Waals surface area contributed by atoms with Gasteiger partial charge in [-0.1, -0.05) is 12.1 Å². The lowest BCUT2D eigenvalue weighted by Gasteiger charge is -2.51. The van der Waals surface area contributed by atoms with Crippen molar-refractivity contribution in [2.75, 3.05) is 33.4 Å². The summed E-state index contributed by atoms with van der Waals surface area (Å²) in [7, 11) is 1.65. The Morgan fingerprint density at radius 2 is 2.24 bits per heavy atom. The van der Waals surface area contributed by atoms with E-state index in [2.05, 4.69) is 29.5 Å². The zero-order valence-corrected chi connectivity index (χ0v) is 15.1. The Kier molecular flexibility index (Phi) is 5.39. The van der Waals surface area contributed by atoms with Crippen molar-refractivity contribution in [3.8, 4) is 5.88 Å². The lowest BCUT2D eigenvalue weighted by molar-refractivity contribution is -0.185. The summed E-state index contributed by atoms with van der Waals surface area (Å²) in [5, 5.41) is 0. The molecule has 1 atom stereocenters. The first-order chi connectivity index (χ1) is 12.1. The van der Waals surface area contributed by atoms with Crippen molar-refractivity contribution in [1.82, 2.24) is 14.8 Å². The molecule has 1 aromatic rings. The van der Waals surface area contributed by atoms with E-state index in [4.69, 9.17) is 9.47 Å². The third-order valence-electron chi connectivity index (χ3n) is 5.50. The van der Waals surface area contributed by atoms with Crippen LogP contribution in [0.3, 0.4) is 0 Å². The molecule has 2 fully saturated rings. The molecule has 6 nitrogen and oxygen atoms in total. The average molecular weight is 345 g/mol. The molecule has 3 rings (SSSR count). The molecule has 2 aliphatic heterocycles. The fourth-order valence-corrected chi connectivity index (χ4v) is 3.93. The van der Waals surface area contributed by atoms with Crippen molar-refractivity contribution < 1.29 is 14.3 Å². The summed E-state index contributed by atoms with van der Waals surface area (Å²) in [5.41, 5.74) is 0.855. The number of morpholine rings is 1. The molecule has 0 bridgehead atoms. The molecule has 6 heteroatoms. The minimum atomic E-state index is -0.244. The lowest BCUT2D eigenvalue weighted by atomic mass is 9.82. The second kappa shape index (κ2) is 7.54. The van der Waals surface area contributed by atoms with Gasteiger partial charge in [0, 0.05) is 37.9 Å². The van der Waals surface area contributed by atoms with E-state index in [0.29, 0.717) is 12.4 Å². The van der Waals surface area contributed by atoms with E-state index in [1.165, 1.54) is 0 Å². The Bertz CT molecular complexity index is 626. The maximum atomic E-state index is 12.1. The maximum Gasteiger partial charge on any atom is 0.249 e. The number of pyridine rings is 1. The van der Waals surface area contributed by atoms with Gasteiger partial charge in [0.2, 0.25) is 11.8 Å². The second-order valence-electron chi connectivity index (χ2n) is 6.81. The molecule has 1 unspecified atom stereocenters. The number of piperidine rings is 1. The average Bonchev–Trinajstić information content (AvgIpc) is 2.64. The van der Waals surface area contributed by atoms with Gasteiger partial charge in [0.25, 0.3) is 0 Å². The predicted molar refractivity (Wildman–Crippen MR) is 95.4 cm³/mol. The highest BCUT2D eigenvalue weighted by Gasteiger charge is 2.47. The van der Waals surface area contributed by atoms with Crippen LogP contribution in [0.15, 0.2) is 31.0 Å². The van der Waals surface area contributed by atoms with Crippen molar-refractivity contribution in [3.05, 3.63) is 36.5 Å². The largest absolute Gasteiger partial charge is 0.481 e. The van der Waals surface area contributed by atoms with Gasteiger partial charge in [0.15, 0.2) is 0 Å². The number of carbonyl (C=O) groups excluding carboxylic acids is 1. The second-order valence-corrected chi connectivity index (χ2v) is 6.81. The normalized spacial score (nSPS) is 23.7. The Morgan fingerprint density at radius 1 is 1.48 bits per heavy atom. The molecule has 0 radical (unpaired) electrons. The van der Waals surface area contributed by atoms with Gasteiger partial charge in [0.05, 0.1) is 18.8 Å². The number of methoxy groups -OCH3 is 1. The van der Waals surface area contributed by atoms with Crippen LogP contribution in [0, 0.1) is 0 Å². The first-order valence-corrected chi connectivity index (χ1v) is 8.84. The van der Waals surface area contributed by atoms with Crippen LogP contribution in [0.1, 0.15) is 25.3 Å². The van der Waals surface area contributed by atoms with Crippen LogP contribution in [-0.2, 0) is 16.1 Å². The first-order valence-electron chi connectivity index (χ1n) is 8.84. The smallest absolute Gasteiger partial charge is 0.249 e. The van der Waals surface area contributed by atoms with E-state index in [9.17, 15) is 4.79 Å². The summed E-state index contributed by atoms with van der Waals surface area (Å²) in [6.45, 7) is 9.30. The van der Waals surface area contributed by atoms with E-state index in [0.717, 1.165) is 38.0 Å². The Morgan fingerprint density at radius 3 is 2.92 bits per heavy atom. The van der Waals surface area contributed by atoms with E-state index < -0.39 is 0 Å². The van der Waals surface area contributed by atoms with Crippen LogP contribution < -0.4 is 4.74 Å². The summed E-state index contributed by atoms with van der Waals surface area (Å²) in [4.78, 5) is 20.7. The van der Waals surface area contributed by atoms with Crippen LogP contribution in [0.2, 0.25) is 0 Å². The highest BCUT2D eigenvalue weighted by atomic mass is 16.5. The molecule has 1 aromatic heterocycles. The van der Waals surface area contributed by atoms with Crippen molar-refractivity contribution in [2.45, 2.75) is 38.0 Å². The van der Waals surface area contributed by atoms with E-state index in [1.807, 2.05) is 11.0 Å². The van der Waals surface area contributed by atoms with Crippen molar-refractivity contribution in [2.24, 2.45) is 0 Å². The molecule has 136 valence electrons. The van der Waals surface area contributed by atoms with Gasteiger partial charge in [-0.25, -0.2) is 4.98 Å². The Balaban J connectivity index is 1.64. The molecule has 0 saturated carbocycles. The number of hydrogen-bond acceptors (Lipinski definition) is 5. The van der Waals surface area contributed by atoms with Gasteiger partial charge in [-0.05, 0) is 25.8 Å². The quantitative estimate of drug-likeness (QED) is 0.763. The predicted octanol–water partition coefficient (Wildman–Crippen LogP) is 1.86. The number of hydrogen-bond donors (Lipinski definition) is 0. The number of aromatic nitrogens is 1. The molecule has 25 heavy (non-hydrogen) atoms. The summed E-state index contributed by atoms with van der Waals surface area (Å²) < 4.78 is 11.4. The monoisotopic (exact) mass is 345 g/mol. The number of ether oxygens (including phenoxy) is 2. The summed E-state index contributed by atoms with van der Waals surface area (Å²) in [5.74, 6) is 0.744. The Hall–Kier alpha value is -1.92. The number of nitrogens with zero attached hydrogens (tertiary/aromatic N) is 3. The summed E-state index contributed by atoms with van der Waals surface area (Å²) in [6, 6.07) is 4.07. The standard InChI is InChI=1S/C19H27N3O3/c1-4-10-22-15(2)19(25-14-17(22)23)7-11-21(12-8-19)13-16-6-5-9-20-18(16)24-3/h4-6,9,15H,1,7-8,10-14H2,2-3H3. The lowest BCUT2D eigenvalue weighted by Crippen LogP contribution is -2.63. The fourth-order valence-electron chi connectivity index (χ4n) is 3.93. The van der Waals surface area contributed by atoms with Crippen molar-refractivity contribution in [3.63, 3.8) is 0 Å². The van der Waals surface area contributed by atoms with E-state index in [1.54, 1.807) is 19.4 Å². The number of amides is 1. The van der Waals surface area contributed by atoms with Crippen LogP contribution in [0.4, 0.5) is 0 Å². The topological polar surface area (TPSA) is 54.9 Å². The van der Waals surface area contributed by atoms with Gasteiger partial charge >= 0.3 is 0 Å². The molecule has 0 aromatic carbocycles. The van der Waals surface area contributed by atoms with Gasteiger partial charge in [-0.2, -0.15) is 0 Å². The third kappa shape index (κ3) is 3.55. The molecule has 3 heterocycles. The van der Waals surface area contributed by atoms with Gasteiger partial charge in [0.1, 0.15) is 6.61 Å². The minimum absolute atomic E-state index is 0.0561. The SMILES string of the molecule is C=CCN1C(=O)COC2(CCN(Cc3cccnc3OC)CC2)C1C. The van der Waals surface area contributed by atoms with Crippen LogP contribution >= 0.6 is 0 Å². The first kappa shape index (κ1) is 17.9. The Labute approximate surface area is 149 Å². The highest BCUT2D eigenvalue weighted by molar-refractivity contribution is 5.79. The molecule has 1 amide bonds. The summed E-state index contributed by atoms with van der Waals surface area (Å²) >= 11 is 0. The maximum absolute atomic E-state index is 12.1. The number of carbonyl (C=O) groups is 1. The summed E-state index contributed by atoms with van der Waals surface area (Å²) in [6.07, 6.45) is 5.36. The molecular formula is C19H27N3O3. The highest BCUT2D eigenvalue weighted by Crippen LogP contribution is 2.36. The molecule has 0 aliphatic carbocycles. The third-order valence-corrected chi connectivity index (χ3v) is 5.50. The zero-order chi connectivity index (χ0) is 17.9. The molecule has 2 aliphatic rings. The van der Waals surface area contributed by atoms with Crippen LogP contribution in [0.5, 0.6) is 5.88 Å². The van der Waals surface area contributed by atoms with Gasteiger partial charge in [-0.3, -0.25) is 9.69 Å². The number of likely N-dealkylation sites (tertiary alicyclic amines) is 1. The zero-order valence-electron chi connectivity index (χ0n) is 15.1. The minimum Gasteiger partial charge on any atom is -0.481 e.